The molecule has 7 nitrogen and oxygen atoms in total. The average molecular weight is 581 g/mol. The highest BCUT2D eigenvalue weighted by Gasteiger charge is 2.75. The first-order valence-corrected chi connectivity index (χ1v) is 15.0. The second kappa shape index (κ2) is 10.5. The topological polar surface area (TPSA) is 68.3 Å². The van der Waals surface area contributed by atoms with Gasteiger partial charge in [0.25, 0.3) is 0 Å². The molecule has 42 heavy (non-hydrogen) atoms. The van der Waals surface area contributed by atoms with E-state index < -0.39 is 22.8 Å². The van der Waals surface area contributed by atoms with Crippen LogP contribution in [0.5, 0.6) is 5.75 Å². The highest BCUT2D eigenvalue weighted by molar-refractivity contribution is 5.74. The van der Waals surface area contributed by atoms with Gasteiger partial charge < -0.3 is 24.0 Å². The maximum atomic E-state index is 16.5. The molecule has 3 atom stereocenters. The summed E-state index contributed by atoms with van der Waals surface area (Å²) in [5.74, 6) is 0.422. The third-order valence-electron chi connectivity index (χ3n) is 9.10. The summed E-state index contributed by atoms with van der Waals surface area (Å²) in [6.45, 7) is 14.6. The zero-order chi connectivity index (χ0) is 30.7. The lowest BCUT2D eigenvalue weighted by molar-refractivity contribution is 0.0173. The third kappa shape index (κ3) is 5.69. The lowest BCUT2D eigenvalue weighted by Gasteiger charge is -2.31. The minimum Gasteiger partial charge on any atom is -0.491 e. The second-order valence-corrected chi connectivity index (χ2v) is 14.4. The van der Waals surface area contributed by atoms with Crippen LogP contribution in [-0.4, -0.2) is 65.5 Å². The Labute approximate surface area is 249 Å². The Morgan fingerprint density at radius 2 is 1.62 bits per heavy atom. The van der Waals surface area contributed by atoms with Crippen molar-refractivity contribution < 1.29 is 28.2 Å². The van der Waals surface area contributed by atoms with Crippen LogP contribution in [0.25, 0.3) is 11.1 Å². The summed E-state index contributed by atoms with van der Waals surface area (Å²) in [5.41, 5.74) is 0.246. The van der Waals surface area contributed by atoms with Gasteiger partial charge in [-0.15, -0.1) is 0 Å². The van der Waals surface area contributed by atoms with Crippen LogP contribution in [0.3, 0.4) is 0 Å². The van der Waals surface area contributed by atoms with E-state index in [2.05, 4.69) is 6.92 Å². The predicted octanol–water partition coefficient (Wildman–Crippen LogP) is 7.63. The number of likely N-dealkylation sites (tertiary alicyclic amines) is 1. The first-order chi connectivity index (χ1) is 19.6. The molecule has 3 aliphatic rings. The van der Waals surface area contributed by atoms with Crippen molar-refractivity contribution in [2.45, 2.75) is 90.4 Å². The second-order valence-electron chi connectivity index (χ2n) is 14.4. The largest absolute Gasteiger partial charge is 0.491 e. The number of halogens is 1. The Bertz CT molecular complexity index is 1360. The van der Waals surface area contributed by atoms with Crippen molar-refractivity contribution in [1.29, 1.82) is 0 Å². The van der Waals surface area contributed by atoms with E-state index in [1.807, 2.05) is 82.8 Å². The van der Waals surface area contributed by atoms with Crippen LogP contribution < -0.4 is 4.74 Å². The van der Waals surface area contributed by atoms with Crippen LogP contribution in [0.15, 0.2) is 42.5 Å². The van der Waals surface area contributed by atoms with Gasteiger partial charge in [-0.3, -0.25) is 0 Å². The van der Waals surface area contributed by atoms with Gasteiger partial charge in [0.15, 0.2) is 0 Å². The Kier molecular flexibility index (Phi) is 7.51. The van der Waals surface area contributed by atoms with Crippen molar-refractivity contribution >= 4 is 12.2 Å². The van der Waals surface area contributed by atoms with Crippen molar-refractivity contribution in [3.8, 4) is 16.9 Å². The molecule has 2 unspecified atom stereocenters. The van der Waals surface area contributed by atoms with Gasteiger partial charge >= 0.3 is 12.2 Å². The molecule has 0 aromatic heterocycles. The Hall–Kier alpha value is -3.29. The fourth-order valence-electron chi connectivity index (χ4n) is 6.66. The molecule has 3 fully saturated rings. The zero-order valence-electron chi connectivity index (χ0n) is 26.3. The summed E-state index contributed by atoms with van der Waals surface area (Å²) in [4.78, 5) is 29.1. The van der Waals surface area contributed by atoms with E-state index in [1.54, 1.807) is 13.1 Å². The quantitative estimate of drug-likeness (QED) is 0.351. The minimum atomic E-state index is -0.595. The maximum Gasteiger partial charge on any atom is 0.410 e. The number of amides is 2. The molecule has 2 aromatic carbocycles. The van der Waals surface area contributed by atoms with Crippen LogP contribution in [-0.2, 0) is 9.47 Å². The maximum absolute atomic E-state index is 16.5. The lowest BCUT2D eigenvalue weighted by Crippen LogP contribution is -2.43. The highest BCUT2D eigenvalue weighted by atomic mass is 19.1. The molecule has 2 spiro atoms. The summed E-state index contributed by atoms with van der Waals surface area (Å²) in [6.07, 6.45) is 2.19. The zero-order valence-corrected chi connectivity index (χ0v) is 26.3. The van der Waals surface area contributed by atoms with Gasteiger partial charge in [0, 0.05) is 30.6 Å². The first-order valence-electron chi connectivity index (χ1n) is 15.0. The summed E-state index contributed by atoms with van der Waals surface area (Å²) < 4.78 is 33.8. The van der Waals surface area contributed by atoms with E-state index in [1.165, 1.54) is 4.90 Å². The van der Waals surface area contributed by atoms with E-state index in [9.17, 15) is 9.59 Å². The normalized spacial score (nSPS) is 24.1. The number of rotatable bonds is 6. The van der Waals surface area contributed by atoms with E-state index in [4.69, 9.17) is 14.2 Å². The molecule has 2 aliphatic carbocycles. The van der Waals surface area contributed by atoms with Crippen molar-refractivity contribution in [1.82, 2.24) is 9.80 Å². The number of nitrogens with zero attached hydrogens (tertiary/aromatic N) is 2. The van der Waals surface area contributed by atoms with Crippen molar-refractivity contribution in [2.75, 3.05) is 26.7 Å². The molecule has 0 bridgehead atoms. The summed E-state index contributed by atoms with van der Waals surface area (Å²) in [7, 11) is 1.66. The van der Waals surface area contributed by atoms with Gasteiger partial charge in [0.2, 0.25) is 0 Å². The van der Waals surface area contributed by atoms with Gasteiger partial charge in [-0.2, -0.15) is 0 Å². The molecule has 5 rings (SSSR count). The number of hydrogen-bond donors (Lipinski definition) is 0. The first kappa shape index (κ1) is 30.2. The molecule has 0 N–H and O–H groups in total. The number of carbonyl (C=O) groups is 2. The molecule has 1 heterocycles. The van der Waals surface area contributed by atoms with E-state index >= 15 is 4.39 Å². The van der Waals surface area contributed by atoms with E-state index in [0.717, 1.165) is 19.3 Å². The highest BCUT2D eigenvalue weighted by Crippen LogP contribution is 2.73. The van der Waals surface area contributed by atoms with Crippen LogP contribution in [0.4, 0.5) is 14.0 Å². The van der Waals surface area contributed by atoms with Crippen molar-refractivity contribution in [3.63, 3.8) is 0 Å². The van der Waals surface area contributed by atoms with Gasteiger partial charge in [-0.1, -0.05) is 43.3 Å². The number of para-hydroxylation sites is 1. The predicted molar refractivity (Wildman–Crippen MR) is 160 cm³/mol. The van der Waals surface area contributed by atoms with Gasteiger partial charge in [0.05, 0.1) is 12.1 Å². The van der Waals surface area contributed by atoms with Crippen LogP contribution in [0, 0.1) is 17.2 Å². The summed E-state index contributed by atoms with van der Waals surface area (Å²) in [5, 5.41) is 0. The summed E-state index contributed by atoms with van der Waals surface area (Å²) in [6, 6.07) is 12.9. The number of benzene rings is 2. The fraction of sp³-hybridized carbons (Fsp3) is 0.588. The van der Waals surface area contributed by atoms with Gasteiger partial charge in [-0.05, 0) is 83.8 Å². The lowest BCUT2D eigenvalue weighted by atomic mass is 9.85. The number of ether oxygens (including phenoxy) is 3. The molecule has 1 aliphatic heterocycles. The van der Waals surface area contributed by atoms with Crippen LogP contribution >= 0.6 is 0 Å². The molecular weight excluding hydrogens is 535 g/mol. The van der Waals surface area contributed by atoms with Crippen molar-refractivity contribution in [2.24, 2.45) is 11.3 Å². The third-order valence-corrected chi connectivity index (χ3v) is 9.10. The standard InChI is InChI=1S/C34H45FN2O5/c1-22-33(16-17-33)21-37(30(39)42-32(5,6)7)34(22)20-26(34)25-14-11-13-24(28(25)35)23-12-9-10-15-27(23)40-19-18-36(8)29(38)41-31(2,3)4/h9-15,22,26H,16-21H2,1-8H3/t22?,26-,34?/m0/s1. The molecule has 228 valence electrons. The fourth-order valence-corrected chi connectivity index (χ4v) is 6.66. The summed E-state index contributed by atoms with van der Waals surface area (Å²) >= 11 is 0. The molecular formula is C34H45FN2O5. The van der Waals surface area contributed by atoms with E-state index in [-0.39, 0.29) is 35.8 Å². The van der Waals surface area contributed by atoms with Crippen LogP contribution in [0.2, 0.25) is 0 Å². The Morgan fingerprint density at radius 1 is 0.976 bits per heavy atom. The number of carbonyl (C=O) groups excluding carboxylic acids is 2. The van der Waals surface area contributed by atoms with Gasteiger partial charge in [-0.25, -0.2) is 14.0 Å². The molecule has 8 heteroatoms. The number of likely N-dealkylation sites (N-methyl/N-ethyl adjacent to an activating group) is 1. The SMILES string of the molecule is CC1C2(CC2)CN(C(=O)OC(C)(C)C)C12C[C@H]2c1cccc(-c2ccccc2OCCN(C)C(=O)OC(C)(C)C)c1F. The van der Waals surface area contributed by atoms with E-state index in [0.29, 0.717) is 35.5 Å². The van der Waals surface area contributed by atoms with Crippen molar-refractivity contribution in [3.05, 3.63) is 53.8 Å². The molecule has 0 radical (unpaired) electrons. The molecule has 2 aromatic rings. The molecule has 2 saturated carbocycles. The average Bonchev–Trinajstić information content (AvgIpc) is 3.79. The minimum absolute atomic E-state index is 0.101. The number of hydrogen-bond acceptors (Lipinski definition) is 5. The Balaban J connectivity index is 1.36. The molecule has 2 amide bonds. The van der Waals surface area contributed by atoms with Crippen LogP contribution in [0.1, 0.15) is 79.2 Å². The monoisotopic (exact) mass is 580 g/mol. The molecule has 1 saturated heterocycles. The Morgan fingerprint density at radius 3 is 2.26 bits per heavy atom. The van der Waals surface area contributed by atoms with Gasteiger partial charge in [0.1, 0.15) is 29.4 Å². The smallest absolute Gasteiger partial charge is 0.410 e.